The molecule has 2 heterocycles. The van der Waals surface area contributed by atoms with Gasteiger partial charge in [0.1, 0.15) is 11.6 Å². The van der Waals surface area contributed by atoms with E-state index in [9.17, 15) is 14.3 Å². The number of carbonyl (C=O) groups is 1. The second kappa shape index (κ2) is 10.3. The van der Waals surface area contributed by atoms with Crippen LogP contribution in [0.25, 0.3) is 33.3 Å². The largest absolute Gasteiger partial charge is 0.507 e. The summed E-state index contributed by atoms with van der Waals surface area (Å²) in [7, 11) is 0. The Morgan fingerprint density at radius 2 is 1.82 bits per heavy atom. The van der Waals surface area contributed by atoms with Crippen molar-refractivity contribution in [2.75, 3.05) is 10.6 Å². The first-order valence-electron chi connectivity index (χ1n) is 12.2. The molecule has 5 rings (SSSR count). The quantitative estimate of drug-likeness (QED) is 0.240. The third-order valence-corrected chi connectivity index (χ3v) is 6.03. The summed E-state index contributed by atoms with van der Waals surface area (Å²) in [4.78, 5) is 26.2. The van der Waals surface area contributed by atoms with E-state index in [1.54, 1.807) is 61.8 Å². The second-order valence-electron chi connectivity index (χ2n) is 9.34. The van der Waals surface area contributed by atoms with Gasteiger partial charge in [0.25, 0.3) is 5.91 Å². The molecule has 7 nitrogen and oxygen atoms in total. The number of fused-ring (bicyclic) bond motifs is 1. The Balaban J connectivity index is 1.40. The van der Waals surface area contributed by atoms with Crippen molar-refractivity contribution in [3.8, 4) is 28.1 Å². The number of benzene rings is 3. The van der Waals surface area contributed by atoms with Gasteiger partial charge >= 0.3 is 0 Å². The van der Waals surface area contributed by atoms with E-state index in [1.807, 2.05) is 26.0 Å². The molecule has 0 atom stereocenters. The number of rotatable bonds is 6. The smallest absolute Gasteiger partial charge is 0.255 e. The molecule has 5 aromatic rings. The maximum atomic E-state index is 13.5. The van der Waals surface area contributed by atoms with E-state index in [0.717, 1.165) is 22.1 Å². The molecule has 190 valence electrons. The Labute approximate surface area is 219 Å². The topological polar surface area (TPSA) is 100 Å². The molecule has 0 aliphatic heterocycles. The molecule has 0 radical (unpaired) electrons. The molecule has 0 spiro atoms. The molecule has 0 saturated heterocycles. The Kier molecular flexibility index (Phi) is 6.70. The van der Waals surface area contributed by atoms with Gasteiger partial charge in [-0.3, -0.25) is 9.78 Å². The lowest BCUT2D eigenvalue weighted by atomic mass is 10.0. The number of aryl methyl sites for hydroxylation is 1. The number of nitrogens with one attached hydrogen (secondary N) is 2. The van der Waals surface area contributed by atoms with Crippen molar-refractivity contribution >= 4 is 28.4 Å². The average Bonchev–Trinajstić information content (AvgIpc) is 2.88. The third kappa shape index (κ3) is 5.29. The lowest BCUT2D eigenvalue weighted by molar-refractivity contribution is 0.102. The first kappa shape index (κ1) is 24.8. The second-order valence-corrected chi connectivity index (χ2v) is 9.34. The highest BCUT2D eigenvalue weighted by molar-refractivity contribution is 6.05. The summed E-state index contributed by atoms with van der Waals surface area (Å²) in [6.07, 6.45) is 3.27. The van der Waals surface area contributed by atoms with Crippen molar-refractivity contribution in [1.29, 1.82) is 0 Å². The van der Waals surface area contributed by atoms with Crippen LogP contribution < -0.4 is 10.6 Å². The van der Waals surface area contributed by atoms with E-state index >= 15 is 0 Å². The lowest BCUT2D eigenvalue weighted by Gasteiger charge is -2.12. The van der Waals surface area contributed by atoms with Gasteiger partial charge in [-0.2, -0.15) is 0 Å². The number of hydrogen-bond acceptors (Lipinski definition) is 6. The van der Waals surface area contributed by atoms with Crippen molar-refractivity contribution in [2.24, 2.45) is 0 Å². The number of halogens is 1. The predicted octanol–water partition coefficient (Wildman–Crippen LogP) is 6.58. The third-order valence-electron chi connectivity index (χ3n) is 6.03. The molecule has 38 heavy (non-hydrogen) atoms. The summed E-state index contributed by atoms with van der Waals surface area (Å²) in [6.45, 7) is 5.80. The highest BCUT2D eigenvalue weighted by Crippen LogP contribution is 2.34. The minimum absolute atomic E-state index is 0.0728. The van der Waals surface area contributed by atoms with Gasteiger partial charge in [0, 0.05) is 52.3 Å². The van der Waals surface area contributed by atoms with Crippen LogP contribution in [0.15, 0.2) is 79.1 Å². The SMILES string of the molecule is Cc1cc(F)ccc1-c1cc(C(=O)Nc2cccc(-c3cc4cnc(NC(C)C)nc4cc3O)c2)ccn1. The fraction of sp³-hybridized carbons (Fsp3) is 0.133. The number of anilines is 2. The van der Waals surface area contributed by atoms with Crippen molar-refractivity contribution in [3.63, 3.8) is 0 Å². The molecule has 2 aromatic heterocycles. The van der Waals surface area contributed by atoms with E-state index in [4.69, 9.17) is 0 Å². The molecule has 8 heteroatoms. The number of pyridine rings is 1. The van der Waals surface area contributed by atoms with Crippen LogP contribution in [0, 0.1) is 12.7 Å². The zero-order chi connectivity index (χ0) is 26.8. The summed E-state index contributed by atoms with van der Waals surface area (Å²) in [6, 6.07) is 18.6. The van der Waals surface area contributed by atoms with Crippen LogP contribution in [0.2, 0.25) is 0 Å². The zero-order valence-corrected chi connectivity index (χ0v) is 21.2. The maximum absolute atomic E-state index is 13.5. The monoisotopic (exact) mass is 507 g/mol. The van der Waals surface area contributed by atoms with Gasteiger partial charge in [-0.05, 0) is 80.4 Å². The van der Waals surface area contributed by atoms with Crippen molar-refractivity contribution in [1.82, 2.24) is 15.0 Å². The predicted molar refractivity (Wildman–Crippen MR) is 148 cm³/mol. The molecule has 0 fully saturated rings. The number of aromatic nitrogens is 3. The number of carbonyl (C=O) groups excluding carboxylic acids is 1. The van der Waals surface area contributed by atoms with Crippen LogP contribution in [0.4, 0.5) is 16.0 Å². The van der Waals surface area contributed by atoms with Crippen LogP contribution >= 0.6 is 0 Å². The van der Waals surface area contributed by atoms with Gasteiger partial charge < -0.3 is 15.7 Å². The minimum Gasteiger partial charge on any atom is -0.507 e. The first-order chi connectivity index (χ1) is 18.3. The van der Waals surface area contributed by atoms with Gasteiger partial charge in [0.2, 0.25) is 5.95 Å². The lowest BCUT2D eigenvalue weighted by Crippen LogP contribution is -2.12. The summed E-state index contributed by atoms with van der Waals surface area (Å²) in [5, 5.41) is 17.6. The van der Waals surface area contributed by atoms with Crippen molar-refractivity contribution < 1.29 is 14.3 Å². The molecular weight excluding hydrogens is 481 g/mol. The Morgan fingerprint density at radius 1 is 0.974 bits per heavy atom. The van der Waals surface area contributed by atoms with E-state index in [2.05, 4.69) is 25.6 Å². The standard InChI is InChI=1S/C30H26FN5O2/c1-17(2)34-30-33-16-21-13-25(28(37)15-26(21)36-30)19-5-4-6-23(12-19)35-29(38)20-9-10-32-27(14-20)24-8-7-22(31)11-18(24)3/h4-17,37H,1-3H3,(H,35,38)(H,33,34,36). The Morgan fingerprint density at radius 3 is 2.61 bits per heavy atom. The first-order valence-corrected chi connectivity index (χ1v) is 12.2. The van der Waals surface area contributed by atoms with Crippen LogP contribution in [0.3, 0.4) is 0 Å². The van der Waals surface area contributed by atoms with Gasteiger partial charge in [0.15, 0.2) is 0 Å². The molecule has 0 aliphatic rings. The van der Waals surface area contributed by atoms with E-state index in [0.29, 0.717) is 34.0 Å². The number of amides is 1. The molecule has 1 amide bonds. The molecule has 3 N–H and O–H groups in total. The fourth-order valence-corrected chi connectivity index (χ4v) is 4.23. The number of hydrogen-bond donors (Lipinski definition) is 3. The van der Waals surface area contributed by atoms with Crippen molar-refractivity contribution in [2.45, 2.75) is 26.8 Å². The Bertz CT molecular complexity index is 1670. The fourth-order valence-electron chi connectivity index (χ4n) is 4.23. The van der Waals surface area contributed by atoms with Gasteiger partial charge in [-0.25, -0.2) is 14.4 Å². The summed E-state index contributed by atoms with van der Waals surface area (Å²) >= 11 is 0. The van der Waals surface area contributed by atoms with Crippen molar-refractivity contribution in [3.05, 3.63) is 96.1 Å². The van der Waals surface area contributed by atoms with Crippen LogP contribution in [-0.2, 0) is 0 Å². The number of nitrogens with zero attached hydrogens (tertiary/aromatic N) is 3. The Hall–Kier alpha value is -4.85. The molecule has 0 saturated carbocycles. The number of aromatic hydroxyl groups is 1. The molecule has 0 unspecified atom stereocenters. The number of phenols is 1. The van der Waals surface area contributed by atoms with E-state index in [1.165, 1.54) is 12.1 Å². The van der Waals surface area contributed by atoms with Crippen LogP contribution in [-0.4, -0.2) is 32.0 Å². The van der Waals surface area contributed by atoms with E-state index in [-0.39, 0.29) is 23.5 Å². The molecule has 0 aliphatic carbocycles. The molecule has 3 aromatic carbocycles. The summed E-state index contributed by atoms with van der Waals surface area (Å²) in [5.74, 6) is -0.0633. The minimum atomic E-state index is -0.321. The van der Waals surface area contributed by atoms with Crippen LogP contribution in [0.1, 0.15) is 29.8 Å². The maximum Gasteiger partial charge on any atom is 0.255 e. The zero-order valence-electron chi connectivity index (χ0n) is 21.2. The highest BCUT2D eigenvalue weighted by atomic mass is 19.1. The molecular formula is C30H26FN5O2. The normalized spacial score (nSPS) is 11.1. The molecule has 0 bridgehead atoms. The van der Waals surface area contributed by atoms with Gasteiger partial charge in [-0.15, -0.1) is 0 Å². The van der Waals surface area contributed by atoms with E-state index < -0.39 is 0 Å². The summed E-state index contributed by atoms with van der Waals surface area (Å²) in [5.41, 5.74) is 5.00. The van der Waals surface area contributed by atoms with Crippen LogP contribution in [0.5, 0.6) is 5.75 Å². The van der Waals surface area contributed by atoms with Gasteiger partial charge in [-0.1, -0.05) is 12.1 Å². The highest BCUT2D eigenvalue weighted by Gasteiger charge is 2.13. The number of phenolic OH excluding ortho intramolecular Hbond substituents is 1. The average molecular weight is 508 g/mol. The van der Waals surface area contributed by atoms with Gasteiger partial charge in [0.05, 0.1) is 11.2 Å². The summed E-state index contributed by atoms with van der Waals surface area (Å²) < 4.78 is 13.5.